The van der Waals surface area contributed by atoms with E-state index in [0.29, 0.717) is 12.8 Å². The van der Waals surface area contributed by atoms with Crippen molar-refractivity contribution in [2.24, 2.45) is 0 Å². The molecule has 0 aliphatic carbocycles. The van der Waals surface area contributed by atoms with Gasteiger partial charge in [-0.05, 0) is 19.8 Å². The molecule has 0 aromatic carbocycles. The van der Waals surface area contributed by atoms with E-state index in [1.165, 1.54) is 0 Å². The van der Waals surface area contributed by atoms with Crippen LogP contribution in [0.3, 0.4) is 0 Å². The van der Waals surface area contributed by atoms with E-state index in [-0.39, 0.29) is 12.7 Å². The van der Waals surface area contributed by atoms with Crippen LogP contribution in [0.5, 0.6) is 0 Å². The molecule has 0 amide bonds. The van der Waals surface area contributed by atoms with Gasteiger partial charge in [0.1, 0.15) is 0 Å². The van der Waals surface area contributed by atoms with E-state index in [1.807, 2.05) is 13.8 Å². The molecule has 5 nitrogen and oxygen atoms in total. The molecule has 0 aliphatic rings. The van der Waals surface area contributed by atoms with Crippen molar-refractivity contribution in [2.45, 2.75) is 52.2 Å². The first-order valence-electron chi connectivity index (χ1n) is 5.57. The summed E-state index contributed by atoms with van der Waals surface area (Å²) in [4.78, 5) is 22.2. The van der Waals surface area contributed by atoms with Gasteiger partial charge in [0.2, 0.25) is 0 Å². The van der Waals surface area contributed by atoms with Gasteiger partial charge in [-0.15, -0.1) is 0 Å². The van der Waals surface area contributed by atoms with Gasteiger partial charge >= 0.3 is 11.9 Å². The van der Waals surface area contributed by atoms with Gasteiger partial charge in [0.15, 0.2) is 0 Å². The van der Waals surface area contributed by atoms with Crippen LogP contribution in [0.4, 0.5) is 0 Å². The normalized spacial score (nSPS) is 14.2. The van der Waals surface area contributed by atoms with E-state index < -0.39 is 18.0 Å². The summed E-state index contributed by atoms with van der Waals surface area (Å²) in [6.45, 7) is 5.77. The lowest BCUT2D eigenvalue weighted by molar-refractivity contribution is -0.173. The number of carboxylic acids is 1. The number of hydrogen-bond acceptors (Lipinski definition) is 4. The highest BCUT2D eigenvalue weighted by Crippen LogP contribution is 2.05. The average Bonchev–Trinajstić information content (AvgIpc) is 2.17. The summed E-state index contributed by atoms with van der Waals surface area (Å²) in [5, 5.41) is 8.79. The Morgan fingerprint density at radius 1 is 1.25 bits per heavy atom. The minimum atomic E-state index is -1.50. The van der Waals surface area contributed by atoms with Gasteiger partial charge in [-0.3, -0.25) is 0 Å². The fourth-order valence-electron chi connectivity index (χ4n) is 1.20. The molecule has 0 spiro atoms. The fourth-order valence-corrected chi connectivity index (χ4v) is 1.20. The minimum absolute atomic E-state index is 0.230. The van der Waals surface area contributed by atoms with Crippen molar-refractivity contribution in [1.82, 2.24) is 0 Å². The highest BCUT2D eigenvalue weighted by molar-refractivity contribution is 5.97. The average molecular weight is 232 g/mol. The van der Waals surface area contributed by atoms with Crippen LogP contribution in [0.2, 0.25) is 0 Å². The summed E-state index contributed by atoms with van der Waals surface area (Å²) >= 11 is 0. The second-order valence-corrected chi connectivity index (χ2v) is 3.63. The van der Waals surface area contributed by atoms with Gasteiger partial charge < -0.3 is 14.6 Å². The number of esters is 1. The van der Waals surface area contributed by atoms with Crippen LogP contribution in [-0.2, 0) is 19.1 Å². The molecule has 0 aliphatic heterocycles. The summed E-state index contributed by atoms with van der Waals surface area (Å²) in [5.41, 5.74) is 0. The van der Waals surface area contributed by atoms with E-state index >= 15 is 0 Å². The molecule has 94 valence electrons. The SMILES string of the molecule is CCCOC(C(=O)O)C(=O)OC(C)CCC. The van der Waals surface area contributed by atoms with E-state index in [2.05, 4.69) is 0 Å². The maximum absolute atomic E-state index is 11.4. The molecule has 1 N–H and O–H groups in total. The predicted molar refractivity (Wildman–Crippen MR) is 58.1 cm³/mol. The van der Waals surface area contributed by atoms with Crippen LogP contribution in [0.15, 0.2) is 0 Å². The van der Waals surface area contributed by atoms with Gasteiger partial charge in [-0.1, -0.05) is 20.3 Å². The number of carboxylic acid groups (broad SMARTS) is 1. The lowest BCUT2D eigenvalue weighted by Gasteiger charge is -2.16. The Bertz CT molecular complexity index is 226. The second kappa shape index (κ2) is 8.10. The number of hydrogen-bond donors (Lipinski definition) is 1. The Kier molecular flexibility index (Phi) is 7.54. The van der Waals surface area contributed by atoms with Gasteiger partial charge in [-0.2, -0.15) is 0 Å². The zero-order chi connectivity index (χ0) is 12.6. The molecule has 0 rings (SSSR count). The Morgan fingerprint density at radius 2 is 1.88 bits per heavy atom. The van der Waals surface area contributed by atoms with E-state index in [4.69, 9.17) is 14.6 Å². The first-order chi connectivity index (χ1) is 7.52. The molecule has 5 heteroatoms. The first-order valence-corrected chi connectivity index (χ1v) is 5.57. The quantitative estimate of drug-likeness (QED) is 0.508. The van der Waals surface area contributed by atoms with Crippen LogP contribution < -0.4 is 0 Å². The van der Waals surface area contributed by atoms with Crippen molar-refractivity contribution in [2.75, 3.05) is 6.61 Å². The van der Waals surface area contributed by atoms with Crippen LogP contribution >= 0.6 is 0 Å². The molecule has 0 saturated heterocycles. The van der Waals surface area contributed by atoms with E-state index in [1.54, 1.807) is 6.92 Å². The monoisotopic (exact) mass is 232 g/mol. The molecule has 0 aromatic heterocycles. The number of carbonyl (C=O) groups excluding carboxylic acids is 1. The number of ether oxygens (including phenoxy) is 2. The number of rotatable bonds is 8. The second-order valence-electron chi connectivity index (χ2n) is 3.63. The van der Waals surface area contributed by atoms with Crippen molar-refractivity contribution < 1.29 is 24.2 Å². The lowest BCUT2D eigenvalue weighted by Crippen LogP contribution is -2.36. The van der Waals surface area contributed by atoms with Crippen molar-refractivity contribution in [3.8, 4) is 0 Å². The highest BCUT2D eigenvalue weighted by Gasteiger charge is 2.29. The van der Waals surface area contributed by atoms with E-state index in [9.17, 15) is 9.59 Å². The van der Waals surface area contributed by atoms with Crippen molar-refractivity contribution in [3.05, 3.63) is 0 Å². The number of carbonyl (C=O) groups is 2. The summed E-state index contributed by atoms with van der Waals surface area (Å²) < 4.78 is 9.89. The highest BCUT2D eigenvalue weighted by atomic mass is 16.6. The van der Waals surface area contributed by atoms with Crippen LogP contribution in [-0.4, -0.2) is 35.9 Å². The Balaban J connectivity index is 4.21. The zero-order valence-corrected chi connectivity index (χ0v) is 10.1. The van der Waals surface area contributed by atoms with Gasteiger partial charge in [0, 0.05) is 6.61 Å². The standard InChI is InChI=1S/C11H20O5/c1-4-6-8(3)16-11(14)9(10(12)13)15-7-5-2/h8-9H,4-7H2,1-3H3,(H,12,13). The minimum Gasteiger partial charge on any atom is -0.479 e. The van der Waals surface area contributed by atoms with Crippen LogP contribution in [0, 0.1) is 0 Å². The predicted octanol–water partition coefficient (Wildman–Crippen LogP) is 1.60. The van der Waals surface area contributed by atoms with Crippen molar-refractivity contribution in [1.29, 1.82) is 0 Å². The van der Waals surface area contributed by atoms with Gasteiger partial charge in [-0.25, -0.2) is 9.59 Å². The third-order valence-corrected chi connectivity index (χ3v) is 1.94. The van der Waals surface area contributed by atoms with Crippen molar-refractivity contribution in [3.63, 3.8) is 0 Å². The smallest absolute Gasteiger partial charge is 0.347 e. The molecule has 2 atom stereocenters. The third kappa shape index (κ3) is 5.70. The van der Waals surface area contributed by atoms with Crippen LogP contribution in [0.1, 0.15) is 40.0 Å². The summed E-state index contributed by atoms with van der Waals surface area (Å²) in [5.74, 6) is -2.12. The third-order valence-electron chi connectivity index (χ3n) is 1.94. The van der Waals surface area contributed by atoms with Crippen LogP contribution in [0.25, 0.3) is 0 Å². The maximum atomic E-state index is 11.4. The molecule has 0 aromatic rings. The topological polar surface area (TPSA) is 72.8 Å². The molecule has 2 unspecified atom stereocenters. The maximum Gasteiger partial charge on any atom is 0.347 e. The lowest BCUT2D eigenvalue weighted by atomic mass is 10.2. The first kappa shape index (κ1) is 14.9. The van der Waals surface area contributed by atoms with Crippen molar-refractivity contribution >= 4 is 11.9 Å². The molecule has 0 radical (unpaired) electrons. The summed E-state index contributed by atoms with van der Waals surface area (Å²) in [7, 11) is 0. The zero-order valence-electron chi connectivity index (χ0n) is 10.1. The molecule has 0 bridgehead atoms. The molecule has 0 saturated carbocycles. The fraction of sp³-hybridized carbons (Fsp3) is 0.818. The Hall–Kier alpha value is -1.10. The number of aliphatic carboxylic acids is 1. The van der Waals surface area contributed by atoms with Gasteiger partial charge in [0.25, 0.3) is 6.10 Å². The largest absolute Gasteiger partial charge is 0.479 e. The Labute approximate surface area is 95.7 Å². The molecule has 0 heterocycles. The Morgan fingerprint density at radius 3 is 2.31 bits per heavy atom. The molecule has 16 heavy (non-hydrogen) atoms. The molecular formula is C11H20O5. The van der Waals surface area contributed by atoms with E-state index in [0.717, 1.165) is 6.42 Å². The molecular weight excluding hydrogens is 212 g/mol. The summed E-state index contributed by atoms with van der Waals surface area (Å²) in [6, 6.07) is 0. The van der Waals surface area contributed by atoms with Gasteiger partial charge in [0.05, 0.1) is 6.10 Å². The summed E-state index contributed by atoms with van der Waals surface area (Å²) in [6.07, 6.45) is 0.471. The molecule has 0 fully saturated rings.